The molecule has 0 saturated heterocycles. The van der Waals surface area contributed by atoms with E-state index in [1.54, 1.807) is 26.0 Å². The van der Waals surface area contributed by atoms with Crippen LogP contribution in [0.2, 0.25) is 10.0 Å². The average molecular weight is 934 g/mol. The molecule has 0 spiro atoms. The van der Waals surface area contributed by atoms with E-state index in [0.29, 0.717) is 38.8 Å². The van der Waals surface area contributed by atoms with E-state index >= 15 is 0 Å². The monoisotopic (exact) mass is 932 g/mol. The number of aryl methyl sites for hydroxylation is 2. The zero-order chi connectivity index (χ0) is 45.9. The van der Waals surface area contributed by atoms with Gasteiger partial charge in [0, 0.05) is 10.0 Å². The first-order valence-corrected chi connectivity index (χ1v) is 21.3. The number of hydrogen-bond donors (Lipinski definition) is 1. The van der Waals surface area contributed by atoms with Crippen LogP contribution in [0.5, 0.6) is 0 Å². The van der Waals surface area contributed by atoms with Crippen molar-refractivity contribution < 1.29 is 8.83 Å². The third kappa shape index (κ3) is 9.51. The first kappa shape index (κ1) is 44.4. The van der Waals surface area contributed by atoms with Gasteiger partial charge in [0.15, 0.2) is 0 Å². The largest absolute Gasteiger partial charge is 0.437 e. The predicted molar refractivity (Wildman–Crippen MR) is 241 cm³/mol. The normalized spacial score (nSPS) is 17.4. The first-order chi connectivity index (χ1) is 31.3. The molecule has 2 aromatic carbocycles. The van der Waals surface area contributed by atoms with Crippen LogP contribution in [0.1, 0.15) is 83.6 Å². The van der Waals surface area contributed by atoms with Crippen molar-refractivity contribution in [2.75, 3.05) is 0 Å². The molecule has 0 amide bonds. The summed E-state index contributed by atoms with van der Waals surface area (Å²) < 4.78 is 14.3. The zero-order valence-corrected chi connectivity index (χ0v) is 36.8. The number of pyridine rings is 2. The van der Waals surface area contributed by atoms with Crippen LogP contribution in [0, 0.1) is 27.0 Å². The van der Waals surface area contributed by atoms with Gasteiger partial charge in [-0.15, -0.1) is 21.8 Å². The second-order valence-electron chi connectivity index (χ2n) is 15.4. The molecule has 2 aliphatic carbocycles. The van der Waals surface area contributed by atoms with E-state index in [1.807, 2.05) is 48.5 Å². The maximum atomic E-state index is 12.9. The number of alkyl halides is 1. The number of nitrogens with one attached hydrogen (secondary N) is 1. The molecule has 1 N–H and O–H groups in total. The van der Waals surface area contributed by atoms with Gasteiger partial charge in [-0.1, -0.05) is 70.6 Å². The molecule has 0 unspecified atom stereocenters. The third-order valence-corrected chi connectivity index (χ3v) is 12.0. The Hall–Kier alpha value is -7.25. The fourth-order valence-corrected chi connectivity index (χ4v) is 8.11. The lowest BCUT2D eigenvalue weighted by Crippen LogP contribution is -2.31. The van der Waals surface area contributed by atoms with Crippen LogP contribution in [0.3, 0.4) is 0 Å². The number of fused-ring (bicyclic) bond motifs is 2. The topological polar surface area (TPSA) is 211 Å². The van der Waals surface area contributed by atoms with Crippen LogP contribution in [0.25, 0.3) is 31.8 Å². The molecule has 6 aromatic heterocycles. The molecule has 0 radical (unpaired) electrons. The van der Waals surface area contributed by atoms with Gasteiger partial charge in [-0.3, -0.25) is 14.2 Å². The van der Waals surface area contributed by atoms with E-state index < -0.39 is 11.5 Å². The number of benzene rings is 2. The fourth-order valence-electron chi connectivity index (χ4n) is 7.75. The number of H-pyrrole nitrogens is 1. The number of rotatable bonds is 7. The molecule has 8 aromatic rings. The van der Waals surface area contributed by atoms with Crippen molar-refractivity contribution in [3.63, 3.8) is 0 Å². The smallest absolute Gasteiger partial charge is 0.391 e. The number of nitrogens with zero attached hydrogens (tertiary/aromatic N) is 11. The van der Waals surface area contributed by atoms with Crippen LogP contribution in [0.4, 0.5) is 11.6 Å². The van der Waals surface area contributed by atoms with E-state index in [0.717, 1.165) is 36.3 Å². The molecule has 2 aliphatic rings. The SMILES string of the molecule is O=c1oc(CCl)nn1C1CC(c2ccc(Cl)cc2)C1.[C-]#[N+]c1cc(C)c2c(=O)[nH]cnc2n1.[C-]#[N+]c1cc(C)c2c(=O)n(Cc3nn(C4CC(c5ccc(Cl)cc5)C4)c(=O)o3)cnc2n1. The lowest BCUT2D eigenvalue weighted by molar-refractivity contribution is 0.233. The minimum Gasteiger partial charge on any atom is -0.391 e. The summed E-state index contributed by atoms with van der Waals surface area (Å²) in [6, 6.07) is 18.7. The van der Waals surface area contributed by atoms with Gasteiger partial charge in [0.1, 0.15) is 29.5 Å². The van der Waals surface area contributed by atoms with Crippen molar-refractivity contribution in [1.29, 1.82) is 0 Å². The molecular formula is C44H35Cl3N12O6. The minimum atomic E-state index is -0.541. The third-order valence-electron chi connectivity index (χ3n) is 11.2. The Bertz CT molecular complexity index is 3390. The van der Waals surface area contributed by atoms with Crippen molar-refractivity contribution in [1.82, 2.24) is 49.0 Å². The zero-order valence-electron chi connectivity index (χ0n) is 34.5. The standard InChI is InChI=1S/C22H17ClN6O3.C13H12Cl2N2O2.C9H6N4O/c1-12-7-17(24-2)26-20-19(12)21(30)28(11-25-20)10-18-27-29(22(31)32-18)16-8-14(9-16)13-3-5-15(23)6-4-13;14-7-12-16-17(13(18)19-12)11-5-9(6-11)8-1-3-10(15)4-2-8;1-5-3-6(10-2)13-8-7(5)9(14)12-4-11-8/h3-7,11,14,16H,8-10H2,1H3;1-4,9,11H,5-7H2;3-4H,1H3,(H,11,12,13,14). The van der Waals surface area contributed by atoms with E-state index in [-0.39, 0.29) is 64.7 Å². The Balaban J connectivity index is 0.000000147. The molecule has 0 aliphatic heterocycles. The summed E-state index contributed by atoms with van der Waals surface area (Å²) in [6.45, 7) is 17.4. The lowest BCUT2D eigenvalue weighted by atomic mass is 9.76. The van der Waals surface area contributed by atoms with Gasteiger partial charge in [0.25, 0.3) is 34.0 Å². The van der Waals surface area contributed by atoms with Gasteiger partial charge in [-0.25, -0.2) is 9.59 Å². The molecule has 2 fully saturated rings. The Morgan fingerprint density at radius 2 is 1.18 bits per heavy atom. The van der Waals surface area contributed by atoms with E-state index in [4.69, 9.17) is 56.8 Å². The average Bonchev–Trinajstić information content (AvgIpc) is 3.82. The highest BCUT2D eigenvalue weighted by molar-refractivity contribution is 6.30. The minimum absolute atomic E-state index is 0.0264. The molecule has 2 saturated carbocycles. The lowest BCUT2D eigenvalue weighted by Gasteiger charge is -2.34. The highest BCUT2D eigenvalue weighted by Gasteiger charge is 2.35. The van der Waals surface area contributed by atoms with Crippen LogP contribution in [-0.2, 0) is 12.4 Å². The molecular weight excluding hydrogens is 899 g/mol. The summed E-state index contributed by atoms with van der Waals surface area (Å²) in [5.74, 6) is 0.803. The van der Waals surface area contributed by atoms with E-state index in [9.17, 15) is 19.2 Å². The number of aromatic nitrogens is 10. The summed E-state index contributed by atoms with van der Waals surface area (Å²) >= 11 is 17.4. The van der Waals surface area contributed by atoms with Gasteiger partial charge in [0.05, 0.1) is 18.4 Å². The summed E-state index contributed by atoms with van der Waals surface area (Å²) in [7, 11) is 0. The molecule has 6 heterocycles. The van der Waals surface area contributed by atoms with Crippen molar-refractivity contribution in [2.45, 2.75) is 75.9 Å². The Labute approximate surface area is 382 Å². The van der Waals surface area contributed by atoms with E-state index in [2.05, 4.69) is 44.8 Å². The first-order valence-electron chi connectivity index (χ1n) is 20.0. The maximum Gasteiger partial charge on any atom is 0.437 e. The Morgan fingerprint density at radius 1 is 0.708 bits per heavy atom. The van der Waals surface area contributed by atoms with Gasteiger partial charge in [-0.05, 0) is 110 Å². The van der Waals surface area contributed by atoms with Crippen LogP contribution < -0.4 is 22.6 Å². The Kier molecular flexibility index (Phi) is 12.9. The summed E-state index contributed by atoms with van der Waals surface area (Å²) in [4.78, 5) is 73.3. The van der Waals surface area contributed by atoms with Crippen molar-refractivity contribution in [3.05, 3.63) is 182 Å². The highest BCUT2D eigenvalue weighted by Crippen LogP contribution is 2.45. The van der Waals surface area contributed by atoms with Gasteiger partial charge >= 0.3 is 11.5 Å². The van der Waals surface area contributed by atoms with Gasteiger partial charge < -0.3 is 23.5 Å². The Morgan fingerprint density at radius 3 is 1.68 bits per heavy atom. The molecule has 21 heteroatoms. The van der Waals surface area contributed by atoms with Gasteiger partial charge in [-0.2, -0.15) is 19.3 Å². The summed E-state index contributed by atoms with van der Waals surface area (Å²) in [5.41, 5.74) is 3.73. The van der Waals surface area contributed by atoms with Crippen molar-refractivity contribution >= 4 is 68.5 Å². The van der Waals surface area contributed by atoms with Crippen molar-refractivity contribution in [2.24, 2.45) is 0 Å². The molecule has 10 rings (SSSR count). The summed E-state index contributed by atoms with van der Waals surface area (Å²) in [6.07, 6.45) is 5.93. The number of hydrogen-bond acceptors (Lipinski definition) is 12. The highest BCUT2D eigenvalue weighted by atomic mass is 35.5. The number of aromatic amines is 1. The molecule has 0 bridgehead atoms. The fraction of sp³-hybridized carbons (Fsp3) is 0.273. The van der Waals surface area contributed by atoms with Crippen molar-refractivity contribution in [3.8, 4) is 0 Å². The quantitative estimate of drug-likeness (QED) is 0.119. The number of halogens is 3. The molecule has 0 atom stereocenters. The van der Waals surface area contributed by atoms with Crippen LogP contribution in [-0.4, -0.2) is 49.0 Å². The molecule has 18 nitrogen and oxygen atoms in total. The summed E-state index contributed by atoms with van der Waals surface area (Å²) in [5, 5.41) is 10.6. The van der Waals surface area contributed by atoms with Crippen LogP contribution in [0.15, 0.2) is 101 Å². The maximum absolute atomic E-state index is 12.9. The second kappa shape index (κ2) is 18.8. The molecule has 328 valence electrons. The second-order valence-corrected chi connectivity index (χ2v) is 16.6. The van der Waals surface area contributed by atoms with Gasteiger partial charge in [0.2, 0.25) is 11.8 Å². The predicted octanol–water partition coefficient (Wildman–Crippen LogP) is 8.15. The van der Waals surface area contributed by atoms with E-state index in [1.165, 1.54) is 37.7 Å². The van der Waals surface area contributed by atoms with Crippen LogP contribution >= 0.6 is 34.8 Å². The molecule has 65 heavy (non-hydrogen) atoms.